The predicted molar refractivity (Wildman–Crippen MR) is 126 cm³/mol. The Kier molecular flexibility index (Phi) is 7.03. The first-order valence-electron chi connectivity index (χ1n) is 10.3. The van der Waals surface area contributed by atoms with Gasteiger partial charge in [0.1, 0.15) is 0 Å². The maximum absolute atomic E-state index is 8.75. The molecule has 4 nitrogen and oxygen atoms in total. The van der Waals surface area contributed by atoms with Crippen LogP contribution in [0.15, 0.2) is 52.3 Å². The Morgan fingerprint density at radius 2 is 1.97 bits per heavy atom. The van der Waals surface area contributed by atoms with Gasteiger partial charge >= 0.3 is 0 Å². The van der Waals surface area contributed by atoms with E-state index in [1.165, 1.54) is 5.57 Å². The Morgan fingerprint density at radius 1 is 1.31 bits per heavy atom. The van der Waals surface area contributed by atoms with Gasteiger partial charge in [-0.15, -0.1) is 5.73 Å². The van der Waals surface area contributed by atoms with Gasteiger partial charge in [-0.05, 0) is 71.6 Å². The van der Waals surface area contributed by atoms with Crippen LogP contribution in [0.4, 0.5) is 5.69 Å². The second-order valence-corrected chi connectivity index (χ2v) is 14.9. The minimum Gasteiger partial charge on any atom is -0.410 e. The van der Waals surface area contributed by atoms with Crippen molar-refractivity contribution in [2.45, 2.75) is 78.6 Å². The molecule has 1 aromatic rings. The van der Waals surface area contributed by atoms with Gasteiger partial charge in [0.05, 0.1) is 6.10 Å². The lowest BCUT2D eigenvalue weighted by atomic mass is 9.75. The van der Waals surface area contributed by atoms with Gasteiger partial charge in [-0.3, -0.25) is 0 Å². The van der Waals surface area contributed by atoms with E-state index >= 15 is 0 Å². The highest BCUT2D eigenvalue weighted by Gasteiger charge is 2.43. The smallest absolute Gasteiger partial charge is 0.192 e. The van der Waals surface area contributed by atoms with E-state index in [1.807, 2.05) is 30.3 Å². The van der Waals surface area contributed by atoms with E-state index < -0.39 is 8.32 Å². The largest absolute Gasteiger partial charge is 0.410 e. The number of azide groups is 1. The molecular formula is C24H35N3OSi. The summed E-state index contributed by atoms with van der Waals surface area (Å²) < 4.78 is 6.81. The average molecular weight is 410 g/mol. The van der Waals surface area contributed by atoms with Gasteiger partial charge in [0, 0.05) is 10.6 Å². The van der Waals surface area contributed by atoms with Crippen molar-refractivity contribution in [2.75, 3.05) is 0 Å². The Labute approximate surface area is 177 Å². The Hall–Kier alpha value is -2.03. The van der Waals surface area contributed by atoms with E-state index in [0.717, 1.165) is 24.0 Å². The van der Waals surface area contributed by atoms with Gasteiger partial charge in [-0.25, -0.2) is 0 Å². The third-order valence-corrected chi connectivity index (χ3v) is 10.9. The molecule has 0 amide bonds. The number of nitrogens with zero attached hydrogens (tertiary/aromatic N) is 3. The molecule has 1 aliphatic carbocycles. The SMILES string of the molecule is CC(=C=Cc1ccccc1N=[N+]=[N-])C1=C[C@@H](O[Si](C)(C)C(C)(C)C)C(C)(C)CC1. The van der Waals surface area contributed by atoms with Crippen molar-refractivity contribution in [2.24, 2.45) is 10.5 Å². The molecule has 0 N–H and O–H groups in total. The molecule has 1 aromatic carbocycles. The molecule has 0 radical (unpaired) electrons. The zero-order chi connectivity index (χ0) is 21.9. The molecule has 0 saturated carbocycles. The van der Waals surface area contributed by atoms with Crippen molar-refractivity contribution < 1.29 is 4.43 Å². The summed E-state index contributed by atoms with van der Waals surface area (Å²) in [4.78, 5) is 2.91. The second-order valence-electron chi connectivity index (χ2n) is 10.1. The van der Waals surface area contributed by atoms with Crippen molar-refractivity contribution in [3.63, 3.8) is 0 Å². The summed E-state index contributed by atoms with van der Waals surface area (Å²) in [5, 5.41) is 3.95. The average Bonchev–Trinajstić information content (AvgIpc) is 2.61. The number of allylic oxidation sites excluding steroid dienone is 2. The fourth-order valence-electron chi connectivity index (χ4n) is 3.12. The van der Waals surface area contributed by atoms with E-state index in [4.69, 9.17) is 9.96 Å². The van der Waals surface area contributed by atoms with Crippen LogP contribution in [0.1, 0.15) is 59.9 Å². The maximum atomic E-state index is 8.75. The van der Waals surface area contributed by atoms with Crippen LogP contribution in [0, 0.1) is 5.41 Å². The first-order valence-corrected chi connectivity index (χ1v) is 13.2. The second kappa shape index (κ2) is 8.77. The minimum atomic E-state index is -1.86. The molecule has 0 heterocycles. The van der Waals surface area contributed by atoms with Crippen molar-refractivity contribution in [3.05, 3.63) is 63.2 Å². The first kappa shape index (κ1) is 23.2. The summed E-state index contributed by atoms with van der Waals surface area (Å²) in [6, 6.07) is 7.55. The Balaban J connectivity index is 2.37. The molecule has 0 bridgehead atoms. The first-order chi connectivity index (χ1) is 13.4. The van der Waals surface area contributed by atoms with Gasteiger partial charge in [-0.2, -0.15) is 0 Å². The van der Waals surface area contributed by atoms with Crippen LogP contribution < -0.4 is 0 Å². The molecule has 0 aromatic heterocycles. The van der Waals surface area contributed by atoms with Crippen LogP contribution in [0.25, 0.3) is 16.5 Å². The van der Waals surface area contributed by atoms with Gasteiger partial charge < -0.3 is 4.43 Å². The Bertz CT molecular complexity index is 893. The topological polar surface area (TPSA) is 58.0 Å². The Morgan fingerprint density at radius 3 is 2.59 bits per heavy atom. The summed E-state index contributed by atoms with van der Waals surface area (Å²) in [5.41, 5.74) is 16.2. The van der Waals surface area contributed by atoms with E-state index in [0.29, 0.717) is 5.69 Å². The molecule has 0 saturated heterocycles. The van der Waals surface area contributed by atoms with Crippen LogP contribution in [-0.4, -0.2) is 14.4 Å². The third-order valence-electron chi connectivity index (χ3n) is 6.40. The highest BCUT2D eigenvalue weighted by atomic mass is 28.4. The van der Waals surface area contributed by atoms with E-state index in [9.17, 15) is 0 Å². The van der Waals surface area contributed by atoms with E-state index in [1.54, 1.807) is 0 Å². The van der Waals surface area contributed by atoms with Crippen molar-refractivity contribution in [1.82, 2.24) is 0 Å². The molecule has 0 unspecified atom stereocenters. The minimum absolute atomic E-state index is 0.111. The predicted octanol–water partition coefficient (Wildman–Crippen LogP) is 8.32. The number of hydrogen-bond acceptors (Lipinski definition) is 2. The van der Waals surface area contributed by atoms with Crippen LogP contribution >= 0.6 is 0 Å². The zero-order valence-electron chi connectivity index (χ0n) is 19.2. The molecule has 0 spiro atoms. The van der Waals surface area contributed by atoms with Crippen LogP contribution in [0.2, 0.25) is 18.1 Å². The maximum Gasteiger partial charge on any atom is 0.192 e. The zero-order valence-corrected chi connectivity index (χ0v) is 20.2. The van der Waals surface area contributed by atoms with Gasteiger partial charge in [0.25, 0.3) is 0 Å². The fourth-order valence-corrected chi connectivity index (χ4v) is 4.49. The van der Waals surface area contributed by atoms with Crippen molar-refractivity contribution in [3.8, 4) is 0 Å². The molecule has 0 aliphatic heterocycles. The lowest BCUT2D eigenvalue weighted by molar-refractivity contribution is 0.0842. The summed E-state index contributed by atoms with van der Waals surface area (Å²) in [6.45, 7) is 18.2. The molecular weight excluding hydrogens is 374 g/mol. The van der Waals surface area contributed by atoms with Gasteiger partial charge in [-0.1, -0.05) is 70.1 Å². The van der Waals surface area contributed by atoms with Crippen LogP contribution in [-0.2, 0) is 4.43 Å². The van der Waals surface area contributed by atoms with Gasteiger partial charge in [0.2, 0.25) is 0 Å². The molecule has 0 fully saturated rings. The van der Waals surface area contributed by atoms with Gasteiger partial charge in [0.15, 0.2) is 8.32 Å². The third kappa shape index (κ3) is 5.74. The molecule has 1 atom stereocenters. The molecule has 5 heteroatoms. The van der Waals surface area contributed by atoms with Crippen LogP contribution in [0.3, 0.4) is 0 Å². The summed E-state index contributed by atoms with van der Waals surface area (Å²) in [5.74, 6) is 0. The summed E-state index contributed by atoms with van der Waals surface area (Å²) in [7, 11) is -1.86. The molecule has 29 heavy (non-hydrogen) atoms. The lowest BCUT2D eigenvalue weighted by Crippen LogP contribution is -2.48. The fraction of sp³-hybridized carbons (Fsp3) is 0.542. The standard InChI is InChI=1S/C24H35N3OSi/c1-18(13-14-19-11-9-10-12-21(19)26-27-25)20-15-16-24(5,6)22(17-20)28-29(7,8)23(2,3)4/h9-12,14,17,22H,15-16H2,1-8H3/t13?,22-/m1/s1. The summed E-state index contributed by atoms with van der Waals surface area (Å²) >= 11 is 0. The molecule has 156 valence electrons. The molecule has 1 aliphatic rings. The quantitative estimate of drug-likeness (QED) is 0.158. The highest BCUT2D eigenvalue weighted by Crippen LogP contribution is 2.44. The summed E-state index contributed by atoms with van der Waals surface area (Å²) in [6.07, 6.45) is 6.45. The van der Waals surface area contributed by atoms with Crippen molar-refractivity contribution in [1.29, 1.82) is 0 Å². The molecule has 2 rings (SSSR count). The normalized spacial score (nSPS) is 18.9. The lowest BCUT2D eigenvalue weighted by Gasteiger charge is -2.45. The highest BCUT2D eigenvalue weighted by molar-refractivity contribution is 6.74. The van der Waals surface area contributed by atoms with E-state index in [-0.39, 0.29) is 16.6 Å². The van der Waals surface area contributed by atoms with E-state index in [2.05, 4.69) is 76.5 Å². The number of rotatable bonds is 5. The van der Waals surface area contributed by atoms with Crippen molar-refractivity contribution >= 4 is 20.1 Å². The number of benzene rings is 1. The number of hydrogen-bond donors (Lipinski definition) is 0. The monoisotopic (exact) mass is 409 g/mol. The van der Waals surface area contributed by atoms with Crippen LogP contribution in [0.5, 0.6) is 0 Å².